The molecule has 2 N–H and O–H groups in total. The van der Waals surface area contributed by atoms with Gasteiger partial charge in [0.05, 0.1) is 10.5 Å². The van der Waals surface area contributed by atoms with Gasteiger partial charge in [0, 0.05) is 17.7 Å². The summed E-state index contributed by atoms with van der Waals surface area (Å²) in [7, 11) is 0. The van der Waals surface area contributed by atoms with Crippen LogP contribution in [0.3, 0.4) is 0 Å². The third-order valence-electron chi connectivity index (χ3n) is 3.29. The largest absolute Gasteiger partial charge is 0.416 e. The second-order valence-corrected chi connectivity index (χ2v) is 4.80. The molecule has 1 unspecified atom stereocenters. The van der Waals surface area contributed by atoms with Crippen molar-refractivity contribution in [3.8, 4) is 0 Å². The normalized spacial score (nSPS) is 17.3. The van der Waals surface area contributed by atoms with Gasteiger partial charge >= 0.3 is 6.18 Å². The Morgan fingerprint density at radius 1 is 1.42 bits per heavy atom. The van der Waals surface area contributed by atoms with Crippen LogP contribution >= 0.6 is 0 Å². The number of nitrogens with two attached hydrogens (primary N) is 1. The minimum absolute atomic E-state index is 0.226. The second-order valence-electron chi connectivity index (χ2n) is 4.80. The van der Waals surface area contributed by atoms with Gasteiger partial charge in [0.25, 0.3) is 5.69 Å². The van der Waals surface area contributed by atoms with E-state index < -0.39 is 22.4 Å². The molecule has 4 nitrogen and oxygen atoms in total. The fourth-order valence-electron chi connectivity index (χ4n) is 2.03. The highest BCUT2D eigenvalue weighted by Crippen LogP contribution is 2.36. The van der Waals surface area contributed by atoms with Gasteiger partial charge in [-0.15, -0.1) is 0 Å². The predicted octanol–water partition coefficient (Wildman–Crippen LogP) is 2.89. The third kappa shape index (κ3) is 3.23. The lowest BCUT2D eigenvalue weighted by molar-refractivity contribution is -0.385. The van der Waals surface area contributed by atoms with Crippen molar-refractivity contribution in [2.45, 2.75) is 31.5 Å². The van der Waals surface area contributed by atoms with Gasteiger partial charge in [-0.1, -0.05) is 6.07 Å². The van der Waals surface area contributed by atoms with Crippen molar-refractivity contribution < 1.29 is 18.1 Å². The molecule has 1 aromatic rings. The summed E-state index contributed by atoms with van der Waals surface area (Å²) in [6.07, 6.45) is -2.38. The van der Waals surface area contributed by atoms with Crippen LogP contribution in [0.15, 0.2) is 18.2 Å². The number of alkyl halides is 3. The summed E-state index contributed by atoms with van der Waals surface area (Å²) in [5, 5.41) is 10.9. The summed E-state index contributed by atoms with van der Waals surface area (Å²) in [6.45, 7) is 0. The average molecular weight is 274 g/mol. The number of hydrogen-bond acceptors (Lipinski definition) is 3. The molecule has 0 aliphatic heterocycles. The van der Waals surface area contributed by atoms with Crippen LogP contribution in [0, 0.1) is 16.0 Å². The Morgan fingerprint density at radius 3 is 2.53 bits per heavy atom. The minimum atomic E-state index is -4.58. The zero-order valence-electron chi connectivity index (χ0n) is 9.98. The molecule has 0 spiro atoms. The van der Waals surface area contributed by atoms with Crippen LogP contribution in [-0.4, -0.2) is 11.0 Å². The number of benzene rings is 1. The van der Waals surface area contributed by atoms with Crippen molar-refractivity contribution in [2.24, 2.45) is 11.7 Å². The van der Waals surface area contributed by atoms with Crippen molar-refractivity contribution in [1.82, 2.24) is 0 Å². The van der Waals surface area contributed by atoms with E-state index in [0.29, 0.717) is 12.0 Å². The molecular formula is C12H13F3N2O2. The fourth-order valence-corrected chi connectivity index (χ4v) is 2.03. The number of rotatable bonds is 4. The van der Waals surface area contributed by atoms with Gasteiger partial charge in [0.1, 0.15) is 0 Å². The summed E-state index contributed by atoms with van der Waals surface area (Å²) >= 11 is 0. The van der Waals surface area contributed by atoms with Crippen molar-refractivity contribution >= 4 is 5.69 Å². The summed E-state index contributed by atoms with van der Waals surface area (Å²) in [6, 6.07) is 2.37. The predicted molar refractivity (Wildman–Crippen MR) is 62.5 cm³/mol. The molecule has 2 rings (SSSR count). The Balaban J connectivity index is 2.29. The van der Waals surface area contributed by atoms with Gasteiger partial charge in [0.15, 0.2) is 0 Å². The zero-order chi connectivity index (χ0) is 14.2. The number of nitrogens with zero attached hydrogens (tertiary/aromatic N) is 1. The van der Waals surface area contributed by atoms with E-state index in [0.717, 1.165) is 25.0 Å². The first kappa shape index (κ1) is 13.8. The van der Waals surface area contributed by atoms with Crippen molar-refractivity contribution in [2.75, 3.05) is 0 Å². The second kappa shape index (κ2) is 4.80. The molecule has 1 aliphatic rings. The standard InChI is InChI=1S/C12H13F3N2O2/c13-12(14,15)9-4-3-8(11(6-9)17(18)19)5-10(16)7-1-2-7/h3-4,6-7,10H,1-2,5,16H2. The molecule has 1 saturated carbocycles. The molecule has 19 heavy (non-hydrogen) atoms. The maximum atomic E-state index is 12.5. The Hall–Kier alpha value is -1.63. The van der Waals surface area contributed by atoms with E-state index in [4.69, 9.17) is 5.73 Å². The number of halogens is 3. The van der Waals surface area contributed by atoms with Gasteiger partial charge in [0.2, 0.25) is 0 Å². The zero-order valence-corrected chi connectivity index (χ0v) is 9.98. The van der Waals surface area contributed by atoms with E-state index in [2.05, 4.69) is 0 Å². The number of nitro benzene ring substituents is 1. The summed E-state index contributed by atoms with van der Waals surface area (Å²) < 4.78 is 37.5. The topological polar surface area (TPSA) is 69.2 Å². The van der Waals surface area contributed by atoms with Gasteiger partial charge in [-0.05, 0) is 31.2 Å². The SMILES string of the molecule is NC(Cc1ccc(C(F)(F)F)cc1[N+](=O)[O-])C1CC1. The summed E-state index contributed by atoms with van der Waals surface area (Å²) in [5.41, 5.74) is 4.60. The Kier molecular flexibility index (Phi) is 3.49. The first-order valence-corrected chi connectivity index (χ1v) is 5.89. The molecule has 0 saturated heterocycles. The van der Waals surface area contributed by atoms with Crippen LogP contribution in [0.25, 0.3) is 0 Å². The molecule has 0 aromatic heterocycles. The molecule has 0 bridgehead atoms. The van der Waals surface area contributed by atoms with Gasteiger partial charge < -0.3 is 5.73 Å². The first-order chi connectivity index (χ1) is 8.79. The molecule has 7 heteroatoms. The number of hydrogen-bond donors (Lipinski definition) is 1. The highest BCUT2D eigenvalue weighted by Gasteiger charge is 2.34. The van der Waals surface area contributed by atoms with Crippen LogP contribution < -0.4 is 5.73 Å². The van der Waals surface area contributed by atoms with E-state index in [1.54, 1.807) is 0 Å². The van der Waals surface area contributed by atoms with Crippen molar-refractivity contribution in [3.63, 3.8) is 0 Å². The smallest absolute Gasteiger partial charge is 0.327 e. The van der Waals surface area contributed by atoms with Gasteiger partial charge in [-0.25, -0.2) is 0 Å². The fraction of sp³-hybridized carbons (Fsp3) is 0.500. The monoisotopic (exact) mass is 274 g/mol. The molecule has 1 aliphatic carbocycles. The van der Waals surface area contributed by atoms with Crippen LogP contribution in [0.2, 0.25) is 0 Å². The minimum Gasteiger partial charge on any atom is -0.327 e. The molecule has 0 radical (unpaired) electrons. The lowest BCUT2D eigenvalue weighted by atomic mass is 9.99. The van der Waals surface area contributed by atoms with Crippen LogP contribution in [0.5, 0.6) is 0 Å². The average Bonchev–Trinajstić information content (AvgIpc) is 3.11. The van der Waals surface area contributed by atoms with Crippen LogP contribution in [0.4, 0.5) is 18.9 Å². The van der Waals surface area contributed by atoms with Crippen LogP contribution in [-0.2, 0) is 12.6 Å². The van der Waals surface area contributed by atoms with Gasteiger partial charge in [-0.3, -0.25) is 10.1 Å². The highest BCUT2D eigenvalue weighted by molar-refractivity contribution is 5.44. The highest BCUT2D eigenvalue weighted by atomic mass is 19.4. The third-order valence-corrected chi connectivity index (χ3v) is 3.29. The molecule has 1 aromatic carbocycles. The maximum absolute atomic E-state index is 12.5. The van der Waals surface area contributed by atoms with Crippen molar-refractivity contribution in [1.29, 1.82) is 0 Å². The molecule has 0 heterocycles. The molecular weight excluding hydrogens is 261 g/mol. The lowest BCUT2D eigenvalue weighted by Gasteiger charge is -2.12. The van der Waals surface area contributed by atoms with E-state index >= 15 is 0 Å². The molecule has 1 fully saturated rings. The maximum Gasteiger partial charge on any atom is 0.416 e. The van der Waals surface area contributed by atoms with E-state index in [-0.39, 0.29) is 18.0 Å². The van der Waals surface area contributed by atoms with Crippen LogP contribution in [0.1, 0.15) is 24.0 Å². The first-order valence-electron chi connectivity index (χ1n) is 5.89. The van der Waals surface area contributed by atoms with E-state index in [1.165, 1.54) is 0 Å². The summed E-state index contributed by atoms with van der Waals surface area (Å²) in [5.74, 6) is 0.335. The molecule has 1 atom stereocenters. The van der Waals surface area contributed by atoms with Crippen molar-refractivity contribution in [3.05, 3.63) is 39.4 Å². The Labute approximate surface area is 107 Å². The molecule has 0 amide bonds. The molecule has 104 valence electrons. The summed E-state index contributed by atoms with van der Waals surface area (Å²) in [4.78, 5) is 10.1. The van der Waals surface area contributed by atoms with Gasteiger partial charge in [-0.2, -0.15) is 13.2 Å². The Bertz CT molecular complexity index is 498. The Morgan fingerprint density at radius 2 is 2.05 bits per heavy atom. The number of nitro groups is 1. The van der Waals surface area contributed by atoms with E-state index in [1.807, 2.05) is 0 Å². The van der Waals surface area contributed by atoms with E-state index in [9.17, 15) is 23.3 Å². The lowest BCUT2D eigenvalue weighted by Crippen LogP contribution is -2.25. The quantitative estimate of drug-likeness (QED) is 0.678.